The molecule has 3 aromatic rings. The van der Waals surface area contributed by atoms with Gasteiger partial charge in [-0.15, -0.1) is 0 Å². The second-order valence-corrected chi connectivity index (χ2v) is 10.4. The van der Waals surface area contributed by atoms with Gasteiger partial charge >= 0.3 is 0 Å². The molecule has 0 saturated heterocycles. The van der Waals surface area contributed by atoms with Crippen LogP contribution in [0, 0.1) is 6.92 Å². The van der Waals surface area contributed by atoms with Gasteiger partial charge in [-0.3, -0.25) is 4.79 Å². The number of fused-ring (bicyclic) bond motifs is 1. The highest BCUT2D eigenvalue weighted by atomic mass is 32.2. The fourth-order valence-corrected chi connectivity index (χ4v) is 5.92. The number of rotatable bonds is 7. The first-order chi connectivity index (χ1) is 15.9. The minimum Gasteiger partial charge on any atom is -0.352 e. The number of hydrogen-bond acceptors (Lipinski definition) is 3. The fourth-order valence-electron chi connectivity index (χ4n) is 4.31. The van der Waals surface area contributed by atoms with E-state index in [1.165, 1.54) is 9.87 Å². The van der Waals surface area contributed by atoms with E-state index in [4.69, 9.17) is 0 Å². The SMILES string of the molecule is CCc1ccc(CNC(=O)C[C@@H]2c3ccccc3CCN2S(=O)(=O)c2ccc(C)cc2)cc1. The maximum Gasteiger partial charge on any atom is 0.243 e. The molecule has 1 N–H and O–H groups in total. The van der Waals surface area contributed by atoms with Crippen molar-refractivity contribution >= 4 is 15.9 Å². The molecule has 6 heteroatoms. The summed E-state index contributed by atoms with van der Waals surface area (Å²) in [7, 11) is -3.74. The molecule has 1 atom stereocenters. The highest BCUT2D eigenvalue weighted by molar-refractivity contribution is 7.89. The average Bonchev–Trinajstić information content (AvgIpc) is 2.83. The van der Waals surface area contributed by atoms with Crippen LogP contribution in [0.3, 0.4) is 0 Å². The molecule has 4 rings (SSSR count). The normalized spacial score (nSPS) is 16.2. The number of benzene rings is 3. The quantitative estimate of drug-likeness (QED) is 0.560. The van der Waals surface area contributed by atoms with Crippen LogP contribution in [0.2, 0.25) is 0 Å². The number of carbonyl (C=O) groups excluding carboxylic acids is 1. The van der Waals surface area contributed by atoms with E-state index in [2.05, 4.69) is 24.4 Å². The van der Waals surface area contributed by atoms with Crippen LogP contribution in [0.15, 0.2) is 77.7 Å². The summed E-state index contributed by atoms with van der Waals surface area (Å²) >= 11 is 0. The molecule has 1 aliphatic rings. The van der Waals surface area contributed by atoms with Crippen LogP contribution in [-0.4, -0.2) is 25.2 Å². The molecule has 33 heavy (non-hydrogen) atoms. The van der Waals surface area contributed by atoms with Gasteiger partial charge < -0.3 is 5.32 Å². The minimum atomic E-state index is -3.74. The van der Waals surface area contributed by atoms with Crippen molar-refractivity contribution in [2.45, 2.75) is 50.6 Å². The van der Waals surface area contributed by atoms with Crippen LogP contribution < -0.4 is 5.32 Å². The van der Waals surface area contributed by atoms with Crippen molar-refractivity contribution in [1.82, 2.24) is 9.62 Å². The summed E-state index contributed by atoms with van der Waals surface area (Å²) in [6.07, 6.45) is 1.68. The van der Waals surface area contributed by atoms with Gasteiger partial charge in [0.2, 0.25) is 15.9 Å². The van der Waals surface area contributed by atoms with E-state index in [0.29, 0.717) is 19.5 Å². The molecule has 0 spiro atoms. The van der Waals surface area contributed by atoms with Crippen molar-refractivity contribution in [3.8, 4) is 0 Å². The van der Waals surface area contributed by atoms with E-state index in [1.54, 1.807) is 24.3 Å². The van der Waals surface area contributed by atoms with E-state index >= 15 is 0 Å². The molecule has 3 aromatic carbocycles. The first-order valence-electron chi connectivity index (χ1n) is 11.4. The summed E-state index contributed by atoms with van der Waals surface area (Å²) in [4.78, 5) is 13.2. The third-order valence-corrected chi connectivity index (χ3v) is 8.21. The number of aryl methyl sites for hydroxylation is 2. The second-order valence-electron chi connectivity index (χ2n) is 8.54. The lowest BCUT2D eigenvalue weighted by molar-refractivity contribution is -0.122. The molecule has 0 bridgehead atoms. The van der Waals surface area contributed by atoms with Crippen LogP contribution in [0.4, 0.5) is 0 Å². The van der Waals surface area contributed by atoms with Gasteiger partial charge in [-0.05, 0) is 54.2 Å². The van der Waals surface area contributed by atoms with E-state index in [9.17, 15) is 13.2 Å². The van der Waals surface area contributed by atoms with E-state index in [1.807, 2.05) is 43.3 Å². The van der Waals surface area contributed by atoms with Gasteiger partial charge in [-0.2, -0.15) is 4.31 Å². The first-order valence-corrected chi connectivity index (χ1v) is 12.8. The molecule has 0 saturated carbocycles. The zero-order chi connectivity index (χ0) is 23.4. The number of carbonyl (C=O) groups is 1. The van der Waals surface area contributed by atoms with Crippen molar-refractivity contribution in [1.29, 1.82) is 0 Å². The largest absolute Gasteiger partial charge is 0.352 e. The molecule has 0 aromatic heterocycles. The highest BCUT2D eigenvalue weighted by Crippen LogP contribution is 2.36. The molecular formula is C27H30N2O3S. The van der Waals surface area contributed by atoms with Crippen LogP contribution in [0.1, 0.15) is 47.2 Å². The van der Waals surface area contributed by atoms with Crippen molar-refractivity contribution in [3.05, 3.63) is 101 Å². The zero-order valence-electron chi connectivity index (χ0n) is 19.1. The standard InChI is InChI=1S/C27H30N2O3S/c1-3-21-10-12-22(13-11-21)19-28-27(30)18-26-25-7-5-4-6-23(25)16-17-29(26)33(31,32)24-14-8-20(2)9-15-24/h4-15,26H,3,16-19H2,1-2H3,(H,28,30)/t26-/m1/s1. The molecule has 5 nitrogen and oxygen atoms in total. The summed E-state index contributed by atoms with van der Waals surface area (Å²) in [5.41, 5.74) is 5.28. The molecular weight excluding hydrogens is 432 g/mol. The Morgan fingerprint density at radius 2 is 1.64 bits per heavy atom. The van der Waals surface area contributed by atoms with Crippen LogP contribution in [0.25, 0.3) is 0 Å². The lowest BCUT2D eigenvalue weighted by Gasteiger charge is -2.36. The molecule has 1 amide bonds. The summed E-state index contributed by atoms with van der Waals surface area (Å²) in [6, 6.07) is 22.3. The number of hydrogen-bond donors (Lipinski definition) is 1. The Bertz CT molecular complexity index is 1220. The van der Waals surface area contributed by atoms with E-state index in [0.717, 1.165) is 28.7 Å². The third kappa shape index (κ3) is 5.18. The van der Waals surface area contributed by atoms with E-state index in [-0.39, 0.29) is 17.2 Å². The van der Waals surface area contributed by atoms with Gasteiger partial charge in [0.05, 0.1) is 10.9 Å². The Hall–Kier alpha value is -2.96. The van der Waals surface area contributed by atoms with Crippen molar-refractivity contribution in [3.63, 3.8) is 0 Å². The number of nitrogens with zero attached hydrogens (tertiary/aromatic N) is 1. The Morgan fingerprint density at radius 3 is 2.33 bits per heavy atom. The van der Waals surface area contributed by atoms with Gasteiger partial charge in [0.25, 0.3) is 0 Å². The van der Waals surface area contributed by atoms with Crippen LogP contribution >= 0.6 is 0 Å². The summed E-state index contributed by atoms with van der Waals surface area (Å²) < 4.78 is 28.6. The summed E-state index contributed by atoms with van der Waals surface area (Å²) in [5.74, 6) is -0.166. The minimum absolute atomic E-state index is 0.0785. The molecule has 1 heterocycles. The Balaban J connectivity index is 1.56. The topological polar surface area (TPSA) is 66.5 Å². The maximum absolute atomic E-state index is 13.5. The van der Waals surface area contributed by atoms with Crippen LogP contribution in [-0.2, 0) is 34.2 Å². The van der Waals surface area contributed by atoms with Crippen LogP contribution in [0.5, 0.6) is 0 Å². The summed E-state index contributed by atoms with van der Waals surface area (Å²) in [5, 5.41) is 2.97. The average molecular weight is 463 g/mol. The predicted molar refractivity (Wildman–Crippen MR) is 130 cm³/mol. The maximum atomic E-state index is 13.5. The zero-order valence-corrected chi connectivity index (χ0v) is 19.9. The van der Waals surface area contributed by atoms with Gasteiger partial charge in [-0.1, -0.05) is 73.2 Å². The van der Waals surface area contributed by atoms with Gasteiger partial charge in [0.1, 0.15) is 0 Å². The Kier molecular flexibility index (Phi) is 6.96. The molecule has 1 aliphatic heterocycles. The van der Waals surface area contributed by atoms with Crippen molar-refractivity contribution in [2.75, 3.05) is 6.54 Å². The van der Waals surface area contributed by atoms with Crippen molar-refractivity contribution < 1.29 is 13.2 Å². The monoisotopic (exact) mass is 462 g/mol. The second kappa shape index (κ2) is 9.89. The molecule has 0 radical (unpaired) electrons. The fraction of sp³-hybridized carbons (Fsp3) is 0.296. The first kappa shape index (κ1) is 23.2. The number of sulfonamides is 1. The molecule has 0 fully saturated rings. The summed E-state index contributed by atoms with van der Waals surface area (Å²) in [6.45, 7) is 4.80. The van der Waals surface area contributed by atoms with Crippen molar-refractivity contribution in [2.24, 2.45) is 0 Å². The highest BCUT2D eigenvalue weighted by Gasteiger charge is 2.37. The lowest BCUT2D eigenvalue weighted by atomic mass is 9.92. The Morgan fingerprint density at radius 1 is 0.970 bits per heavy atom. The predicted octanol–water partition coefficient (Wildman–Crippen LogP) is 4.55. The van der Waals surface area contributed by atoms with Gasteiger partial charge in [-0.25, -0.2) is 8.42 Å². The van der Waals surface area contributed by atoms with E-state index < -0.39 is 16.1 Å². The number of amides is 1. The van der Waals surface area contributed by atoms with Gasteiger partial charge in [0.15, 0.2) is 0 Å². The lowest BCUT2D eigenvalue weighted by Crippen LogP contribution is -2.42. The molecule has 0 unspecified atom stereocenters. The van der Waals surface area contributed by atoms with Gasteiger partial charge in [0, 0.05) is 19.5 Å². The number of nitrogens with one attached hydrogen (secondary N) is 1. The third-order valence-electron chi connectivity index (χ3n) is 6.29. The smallest absolute Gasteiger partial charge is 0.243 e. The Labute approximate surface area is 196 Å². The molecule has 172 valence electrons. The molecule has 0 aliphatic carbocycles.